The quantitative estimate of drug-likeness (QED) is 0.406. The van der Waals surface area contributed by atoms with Gasteiger partial charge in [-0.15, -0.1) is 0 Å². The topological polar surface area (TPSA) is 99.0 Å². The maximum Gasteiger partial charge on any atom is 0.327 e. The molecular formula is C24H30N6O3. The minimum Gasteiger partial charge on any atom is -0.352 e. The third-order valence-corrected chi connectivity index (χ3v) is 5.26. The van der Waals surface area contributed by atoms with E-state index in [4.69, 9.17) is 0 Å². The molecule has 9 nitrogen and oxygen atoms in total. The Bertz CT molecular complexity index is 1170. The van der Waals surface area contributed by atoms with Gasteiger partial charge in [-0.05, 0) is 77.3 Å². The van der Waals surface area contributed by atoms with E-state index in [1.807, 2.05) is 21.0 Å². The first kappa shape index (κ1) is 23.9. The number of aromatic nitrogens is 2. The van der Waals surface area contributed by atoms with Crippen molar-refractivity contribution in [1.82, 2.24) is 19.6 Å². The van der Waals surface area contributed by atoms with Crippen LogP contribution in [0.4, 0.5) is 16.3 Å². The van der Waals surface area contributed by atoms with Gasteiger partial charge in [0.2, 0.25) is 0 Å². The van der Waals surface area contributed by atoms with Crippen molar-refractivity contribution in [2.24, 2.45) is 0 Å². The molecule has 0 aliphatic carbocycles. The number of aryl methyl sites for hydroxylation is 1. The minimum atomic E-state index is -0.367. The van der Waals surface area contributed by atoms with Crippen LogP contribution in [0.3, 0.4) is 0 Å². The summed E-state index contributed by atoms with van der Waals surface area (Å²) in [5, 5.41) is 5.75. The molecule has 9 heteroatoms. The van der Waals surface area contributed by atoms with Crippen LogP contribution in [-0.4, -0.2) is 66.2 Å². The van der Waals surface area contributed by atoms with Crippen molar-refractivity contribution >= 4 is 34.9 Å². The lowest BCUT2D eigenvalue weighted by Crippen LogP contribution is -2.32. The molecule has 2 N–H and O–H groups in total. The molecule has 2 heterocycles. The number of hydrogen-bond donors (Lipinski definition) is 2. The van der Waals surface area contributed by atoms with Gasteiger partial charge in [0, 0.05) is 31.0 Å². The van der Waals surface area contributed by atoms with Gasteiger partial charge >= 0.3 is 6.03 Å². The van der Waals surface area contributed by atoms with Crippen molar-refractivity contribution in [3.63, 3.8) is 0 Å². The summed E-state index contributed by atoms with van der Waals surface area (Å²) >= 11 is 0. The zero-order valence-electron chi connectivity index (χ0n) is 19.7. The van der Waals surface area contributed by atoms with E-state index in [-0.39, 0.29) is 17.7 Å². The molecule has 1 aromatic carbocycles. The second-order valence-electron chi connectivity index (χ2n) is 8.20. The van der Waals surface area contributed by atoms with Gasteiger partial charge in [-0.3, -0.25) is 18.9 Å². The lowest BCUT2D eigenvalue weighted by atomic mass is 10.1. The molecule has 0 saturated carbocycles. The van der Waals surface area contributed by atoms with Gasteiger partial charge < -0.3 is 15.5 Å². The largest absolute Gasteiger partial charge is 0.352 e. The average molecular weight is 451 g/mol. The average Bonchev–Trinajstić information content (AvgIpc) is 3.11. The first-order valence-electron chi connectivity index (χ1n) is 10.7. The highest BCUT2D eigenvalue weighted by Gasteiger charge is 2.20. The predicted octanol–water partition coefficient (Wildman–Crippen LogP) is 3.20. The predicted molar refractivity (Wildman–Crippen MR) is 129 cm³/mol. The van der Waals surface area contributed by atoms with Crippen molar-refractivity contribution in [3.05, 3.63) is 59.4 Å². The number of carbonyl (C=O) groups excluding carboxylic acids is 3. The number of Topliss-reactive ketones (excluding diaryl/α,β-unsaturated/α-hetero) is 1. The molecule has 33 heavy (non-hydrogen) atoms. The van der Waals surface area contributed by atoms with E-state index in [2.05, 4.69) is 20.5 Å². The van der Waals surface area contributed by atoms with E-state index in [1.54, 1.807) is 54.0 Å². The fourth-order valence-corrected chi connectivity index (χ4v) is 3.48. The molecule has 0 unspecified atom stereocenters. The Kier molecular flexibility index (Phi) is 7.44. The molecule has 0 fully saturated rings. The molecule has 3 amide bonds. The Labute approximate surface area is 193 Å². The number of urea groups is 1. The van der Waals surface area contributed by atoms with Crippen LogP contribution in [0.5, 0.6) is 0 Å². The molecule has 0 atom stereocenters. The Morgan fingerprint density at radius 3 is 2.30 bits per heavy atom. The van der Waals surface area contributed by atoms with Gasteiger partial charge in [-0.2, -0.15) is 0 Å². The smallest absolute Gasteiger partial charge is 0.327 e. The molecule has 174 valence electrons. The van der Waals surface area contributed by atoms with Crippen LogP contribution in [0.1, 0.15) is 39.8 Å². The van der Waals surface area contributed by atoms with Crippen molar-refractivity contribution in [3.8, 4) is 0 Å². The normalized spacial score (nSPS) is 11.0. The first-order chi connectivity index (χ1) is 15.7. The molecule has 0 radical (unpaired) electrons. The third kappa shape index (κ3) is 5.75. The summed E-state index contributed by atoms with van der Waals surface area (Å²) in [6.07, 6.45) is 2.55. The summed E-state index contributed by atoms with van der Waals surface area (Å²) in [7, 11) is 5.63. The van der Waals surface area contributed by atoms with Crippen LogP contribution in [-0.2, 0) is 0 Å². The van der Waals surface area contributed by atoms with E-state index < -0.39 is 0 Å². The number of ketones is 1. The Hall–Kier alpha value is -3.72. The van der Waals surface area contributed by atoms with Crippen molar-refractivity contribution in [2.75, 3.05) is 44.4 Å². The SMILES string of the molecule is CC(=O)c1ccc(NC(=O)N(C)c2c(C)nc3ccc(C(=O)NCCCN(C)C)cn23)cc1. The molecule has 3 rings (SSSR count). The van der Waals surface area contributed by atoms with E-state index in [9.17, 15) is 14.4 Å². The zero-order chi connectivity index (χ0) is 24.1. The van der Waals surface area contributed by atoms with E-state index in [0.717, 1.165) is 13.0 Å². The summed E-state index contributed by atoms with van der Waals surface area (Å²) in [5.41, 5.74) is 2.92. The van der Waals surface area contributed by atoms with Crippen LogP contribution in [0.15, 0.2) is 42.6 Å². The lowest BCUT2D eigenvalue weighted by Gasteiger charge is -2.19. The number of nitrogens with zero attached hydrogens (tertiary/aromatic N) is 4. The fraction of sp³-hybridized carbons (Fsp3) is 0.333. The summed E-state index contributed by atoms with van der Waals surface area (Å²) in [6, 6.07) is 9.82. The first-order valence-corrected chi connectivity index (χ1v) is 10.7. The van der Waals surface area contributed by atoms with Crippen molar-refractivity contribution in [1.29, 1.82) is 0 Å². The zero-order valence-corrected chi connectivity index (χ0v) is 19.7. The second-order valence-corrected chi connectivity index (χ2v) is 8.20. The van der Waals surface area contributed by atoms with Gasteiger partial charge in [0.1, 0.15) is 11.5 Å². The van der Waals surface area contributed by atoms with Crippen LogP contribution in [0.2, 0.25) is 0 Å². The Morgan fingerprint density at radius 2 is 1.67 bits per heavy atom. The number of pyridine rings is 1. The van der Waals surface area contributed by atoms with Crippen molar-refractivity contribution < 1.29 is 14.4 Å². The highest BCUT2D eigenvalue weighted by Crippen LogP contribution is 2.23. The number of hydrogen-bond acceptors (Lipinski definition) is 5. The number of benzene rings is 1. The maximum absolute atomic E-state index is 12.9. The van der Waals surface area contributed by atoms with Gasteiger partial charge in [0.25, 0.3) is 5.91 Å². The molecule has 3 aromatic rings. The van der Waals surface area contributed by atoms with Gasteiger partial charge in [0.15, 0.2) is 5.78 Å². The number of fused-ring (bicyclic) bond motifs is 1. The summed E-state index contributed by atoms with van der Waals surface area (Å²) in [4.78, 5) is 45.0. The summed E-state index contributed by atoms with van der Waals surface area (Å²) in [6.45, 7) is 4.78. The van der Waals surface area contributed by atoms with Crippen molar-refractivity contribution in [2.45, 2.75) is 20.3 Å². The molecule has 0 spiro atoms. The number of nitrogens with one attached hydrogen (secondary N) is 2. The van der Waals surface area contributed by atoms with E-state index in [1.165, 1.54) is 11.8 Å². The third-order valence-electron chi connectivity index (χ3n) is 5.26. The van der Waals surface area contributed by atoms with Gasteiger partial charge in [-0.1, -0.05) is 0 Å². The molecule has 2 aromatic heterocycles. The van der Waals surface area contributed by atoms with E-state index >= 15 is 0 Å². The number of anilines is 2. The lowest BCUT2D eigenvalue weighted by molar-refractivity contribution is 0.0951. The Balaban J connectivity index is 1.77. The monoisotopic (exact) mass is 450 g/mol. The van der Waals surface area contributed by atoms with E-state index in [0.29, 0.717) is 40.5 Å². The second kappa shape index (κ2) is 10.3. The number of amides is 3. The molecule has 0 aliphatic rings. The molecular weight excluding hydrogens is 420 g/mol. The van der Waals surface area contributed by atoms with Gasteiger partial charge in [-0.25, -0.2) is 9.78 Å². The molecule has 0 aliphatic heterocycles. The number of carbonyl (C=O) groups is 3. The van der Waals surface area contributed by atoms with Gasteiger partial charge in [0.05, 0.1) is 11.3 Å². The molecule has 0 bridgehead atoms. The highest BCUT2D eigenvalue weighted by molar-refractivity contribution is 6.02. The fourth-order valence-electron chi connectivity index (χ4n) is 3.48. The number of imidazole rings is 1. The number of rotatable bonds is 8. The molecule has 0 saturated heterocycles. The Morgan fingerprint density at radius 1 is 1.00 bits per heavy atom. The maximum atomic E-state index is 12.9. The van der Waals surface area contributed by atoms with Crippen LogP contribution in [0, 0.1) is 6.92 Å². The summed E-state index contributed by atoms with van der Waals surface area (Å²) < 4.78 is 1.74. The summed E-state index contributed by atoms with van der Waals surface area (Å²) in [5.74, 6) is 0.347. The standard InChI is InChI=1S/C24H30N6O3/c1-16-23(29(5)24(33)27-20-10-7-18(8-11-20)17(2)31)30-15-19(9-12-21(30)26-16)22(32)25-13-6-14-28(3)4/h7-12,15H,6,13-14H2,1-5H3,(H,25,32)(H,27,33). The van der Waals surface area contributed by atoms with Crippen LogP contribution >= 0.6 is 0 Å². The highest BCUT2D eigenvalue weighted by atomic mass is 16.2. The van der Waals surface area contributed by atoms with Crippen LogP contribution in [0.25, 0.3) is 5.65 Å². The minimum absolute atomic E-state index is 0.0381. The van der Waals surface area contributed by atoms with Crippen LogP contribution < -0.4 is 15.5 Å².